The van der Waals surface area contributed by atoms with Gasteiger partial charge in [0.1, 0.15) is 25.4 Å². The van der Waals surface area contributed by atoms with Crippen molar-refractivity contribution in [1.82, 2.24) is 0 Å². The fourth-order valence-electron chi connectivity index (χ4n) is 10.8. The summed E-state index contributed by atoms with van der Waals surface area (Å²) in [6, 6.07) is 0. The molecule has 0 amide bonds. The summed E-state index contributed by atoms with van der Waals surface area (Å²) in [5.74, 6) is -1.59. The maximum absolute atomic E-state index is 13.0. The van der Waals surface area contributed by atoms with Crippen molar-refractivity contribution in [1.29, 1.82) is 0 Å². The number of carbonyl (C=O) groups is 3. The summed E-state index contributed by atoms with van der Waals surface area (Å²) in [7, 11) is -9.80. The van der Waals surface area contributed by atoms with E-state index in [1.165, 1.54) is 96.3 Å². The molecule has 0 saturated heterocycles. The number of allylic oxidation sites excluding steroid dienone is 24. The third-order valence-electron chi connectivity index (χ3n) is 17.0. The highest BCUT2D eigenvalue weighted by Gasteiger charge is 2.29. The second-order valence-electron chi connectivity index (χ2n) is 27.2. The molecule has 5 atom stereocenters. The van der Waals surface area contributed by atoms with Gasteiger partial charge in [0.05, 0.1) is 26.4 Å². The number of ether oxygens (including phenoxy) is 3. The minimum absolute atomic E-state index is 0.0911. The molecule has 105 heavy (non-hydrogen) atoms. The van der Waals surface area contributed by atoms with Crippen LogP contribution in [0.5, 0.6) is 0 Å². The Labute approximate surface area is 638 Å². The van der Waals surface area contributed by atoms with Crippen molar-refractivity contribution in [2.75, 3.05) is 39.6 Å². The van der Waals surface area contributed by atoms with Gasteiger partial charge in [0, 0.05) is 19.3 Å². The zero-order chi connectivity index (χ0) is 76.6. The lowest BCUT2D eigenvalue weighted by Crippen LogP contribution is -2.30. The maximum Gasteiger partial charge on any atom is 0.472 e. The van der Waals surface area contributed by atoms with E-state index in [9.17, 15) is 43.5 Å². The molecule has 0 saturated carbocycles. The lowest BCUT2D eigenvalue weighted by molar-refractivity contribution is -0.161. The van der Waals surface area contributed by atoms with Gasteiger partial charge in [-0.2, -0.15) is 0 Å². The van der Waals surface area contributed by atoms with E-state index in [4.69, 9.17) is 32.3 Å². The minimum Gasteiger partial charge on any atom is -0.463 e. The van der Waals surface area contributed by atoms with Crippen LogP contribution in [0.25, 0.3) is 0 Å². The first-order valence-electron chi connectivity index (χ1n) is 41.1. The number of aliphatic hydroxyl groups excluding tert-OH is 2. The summed E-state index contributed by atoms with van der Waals surface area (Å²) < 4.78 is 61.2. The monoisotopic (exact) mass is 1510 g/mol. The van der Waals surface area contributed by atoms with Gasteiger partial charge in [0.15, 0.2) is 6.10 Å². The summed E-state index contributed by atoms with van der Waals surface area (Å²) in [4.78, 5) is 58.7. The van der Waals surface area contributed by atoms with E-state index in [2.05, 4.69) is 167 Å². The molecule has 18 heteroatoms. The zero-order valence-corrected chi connectivity index (χ0v) is 67.6. The van der Waals surface area contributed by atoms with Gasteiger partial charge >= 0.3 is 33.6 Å². The van der Waals surface area contributed by atoms with E-state index in [0.29, 0.717) is 19.3 Å². The third-order valence-corrected chi connectivity index (χ3v) is 18.9. The lowest BCUT2D eigenvalue weighted by atomic mass is 10.1. The van der Waals surface area contributed by atoms with Crippen LogP contribution in [-0.4, -0.2) is 95.9 Å². The topological polar surface area (TPSA) is 231 Å². The third kappa shape index (κ3) is 80.3. The number of esters is 3. The first kappa shape index (κ1) is 100. The number of unbranched alkanes of at least 4 members (excludes halogenated alkanes) is 30. The molecule has 0 fully saturated rings. The number of aliphatic hydroxyl groups is 2. The Morgan fingerprint density at radius 1 is 0.276 bits per heavy atom. The first-order valence-corrected chi connectivity index (χ1v) is 44.1. The molecule has 0 bridgehead atoms. The van der Waals surface area contributed by atoms with Crippen molar-refractivity contribution in [2.24, 2.45) is 0 Å². The molecule has 4 N–H and O–H groups in total. The number of hydrogen-bond donors (Lipinski definition) is 4. The highest BCUT2D eigenvalue weighted by atomic mass is 31.2. The average Bonchev–Trinajstić information content (AvgIpc) is 0.913. The van der Waals surface area contributed by atoms with Gasteiger partial charge in [0.2, 0.25) is 0 Å². The van der Waals surface area contributed by atoms with Crippen molar-refractivity contribution in [3.8, 4) is 0 Å². The van der Waals surface area contributed by atoms with Gasteiger partial charge in [0.25, 0.3) is 0 Å². The Morgan fingerprint density at radius 3 is 0.810 bits per heavy atom. The molecule has 0 spiro atoms. The van der Waals surface area contributed by atoms with E-state index < -0.39 is 91.5 Å². The van der Waals surface area contributed by atoms with Crippen LogP contribution in [0.15, 0.2) is 146 Å². The number of hydrogen-bond acceptors (Lipinski definition) is 14. The lowest BCUT2D eigenvalue weighted by Gasteiger charge is -2.21. The van der Waals surface area contributed by atoms with Crippen molar-refractivity contribution in [3.63, 3.8) is 0 Å². The molecule has 0 aromatic rings. The second kappa shape index (κ2) is 79.0. The van der Waals surface area contributed by atoms with E-state index in [1.807, 2.05) is 0 Å². The maximum atomic E-state index is 13.0. The van der Waals surface area contributed by atoms with Crippen molar-refractivity contribution < 1.29 is 75.8 Å². The predicted molar refractivity (Wildman–Crippen MR) is 436 cm³/mol. The molecule has 0 radical (unpaired) electrons. The minimum atomic E-state index is -4.94. The summed E-state index contributed by atoms with van der Waals surface area (Å²) in [6.45, 7) is 2.45. The van der Waals surface area contributed by atoms with Crippen LogP contribution in [0, 0.1) is 0 Å². The summed E-state index contributed by atoms with van der Waals surface area (Å²) in [5.41, 5.74) is 0. The van der Waals surface area contributed by atoms with Gasteiger partial charge in [-0.05, 0) is 141 Å². The molecular formula is C87H148O16P2. The van der Waals surface area contributed by atoms with E-state index in [1.54, 1.807) is 0 Å². The molecule has 0 aromatic heterocycles. The molecule has 0 aliphatic carbocycles. The van der Waals surface area contributed by atoms with Crippen LogP contribution in [-0.2, 0) is 55.8 Å². The van der Waals surface area contributed by atoms with E-state index in [-0.39, 0.29) is 19.3 Å². The normalized spacial score (nSPS) is 14.7. The van der Waals surface area contributed by atoms with Gasteiger partial charge in [-0.3, -0.25) is 32.5 Å². The van der Waals surface area contributed by atoms with Gasteiger partial charge < -0.3 is 34.2 Å². The Morgan fingerprint density at radius 2 is 0.505 bits per heavy atom. The zero-order valence-electron chi connectivity index (χ0n) is 65.9. The van der Waals surface area contributed by atoms with Gasteiger partial charge in [-0.1, -0.05) is 314 Å². The smallest absolute Gasteiger partial charge is 0.463 e. The van der Waals surface area contributed by atoms with Gasteiger partial charge in [-0.15, -0.1) is 0 Å². The quantitative estimate of drug-likeness (QED) is 0.0146. The predicted octanol–water partition coefficient (Wildman–Crippen LogP) is 24.4. The molecule has 0 aliphatic heterocycles. The Hall–Kier alpha value is -4.57. The number of phosphoric ester groups is 2. The Kier molecular flexibility index (Phi) is 75.6. The van der Waals surface area contributed by atoms with Gasteiger partial charge in [-0.25, -0.2) is 9.13 Å². The van der Waals surface area contributed by atoms with E-state index >= 15 is 0 Å². The number of phosphoric acid groups is 2. The van der Waals surface area contributed by atoms with Crippen LogP contribution < -0.4 is 0 Å². The van der Waals surface area contributed by atoms with Crippen LogP contribution in [0.4, 0.5) is 0 Å². The highest BCUT2D eigenvalue weighted by Crippen LogP contribution is 2.45. The Balaban J connectivity index is 4.56. The van der Waals surface area contributed by atoms with Crippen LogP contribution in [0.3, 0.4) is 0 Å². The fourth-order valence-corrected chi connectivity index (χ4v) is 12.4. The van der Waals surface area contributed by atoms with Crippen LogP contribution in [0.2, 0.25) is 0 Å². The highest BCUT2D eigenvalue weighted by molar-refractivity contribution is 7.47. The van der Waals surface area contributed by atoms with Crippen molar-refractivity contribution in [2.45, 2.75) is 347 Å². The summed E-state index contributed by atoms with van der Waals surface area (Å²) in [6.07, 6.45) is 97.4. The second-order valence-corrected chi connectivity index (χ2v) is 30.1. The molecular weight excluding hydrogens is 1360 g/mol. The number of carbonyl (C=O) groups excluding carboxylic acids is 3. The van der Waals surface area contributed by atoms with E-state index in [0.717, 1.165) is 173 Å². The molecule has 0 aliphatic rings. The molecule has 0 heterocycles. The largest absolute Gasteiger partial charge is 0.472 e. The molecule has 602 valence electrons. The summed E-state index contributed by atoms with van der Waals surface area (Å²) in [5, 5.41) is 20.7. The van der Waals surface area contributed by atoms with Crippen molar-refractivity contribution in [3.05, 3.63) is 146 Å². The average molecular weight is 1510 g/mol. The molecule has 0 rings (SSSR count). The molecule has 5 unspecified atom stereocenters. The summed E-state index contributed by atoms with van der Waals surface area (Å²) >= 11 is 0. The molecule has 0 aromatic carbocycles. The fraction of sp³-hybridized carbons (Fsp3) is 0.690. The van der Waals surface area contributed by atoms with Crippen LogP contribution in [0.1, 0.15) is 329 Å². The van der Waals surface area contributed by atoms with Crippen molar-refractivity contribution >= 4 is 33.6 Å². The van der Waals surface area contributed by atoms with Crippen LogP contribution >= 0.6 is 15.6 Å². The SMILES string of the molecule is CC/C=C\C/C=C\C/C=C\C/C=C\C/C=C\C/C=C\CCCCCCCCCCCCC(=O)OCC(O)COP(=O)(O)OCC(O)COP(=O)(O)OCC(COC(=O)CCCCCCCCCCC/C=C\C/C=C\C/C=C\C/C=C\C/C=C\CC)OC(=O)CCCCCCC/C=C\CCCCCCCC. The number of rotatable bonds is 77. The molecule has 16 nitrogen and oxygen atoms in total. The standard InChI is InChI=1S/C87H148O16P2/c1-4-7-10-13-16-19-22-25-28-30-32-34-36-38-39-40-41-43-45-46-48-50-53-55-58-61-64-67-70-73-85(90)97-76-82(88)77-99-104(93,94)100-78-83(89)79-101-105(95,96)102-81-84(103-87(92)75-72-69-66-63-60-57-52-27-24-21-18-15-12-9-6-3)80-98-86(91)74-71-68-65-62-59-56-54-51-49-47-44-42-37-35-33-31-29-26-23-20-17-14-11-8-5-2/h7-8,10-11,16-17,19-20,25-29,32-35,38-39,41-44,52,82-84,88-89H,4-6,9,12-15,18,21-24,30-31,36-37,40,45-51,53-81H2,1-3H3,(H,93,94)(H,95,96)/b10-7-,11-8-,19-16-,20-17-,28-25-,29-26-,34-32-,35-33-,39-38-,43-41-,44-42-,52-27-. The Bertz CT molecular complexity index is 2490. The first-order chi connectivity index (χ1) is 51.2.